The van der Waals surface area contributed by atoms with E-state index in [1.807, 2.05) is 12.2 Å². The molecule has 0 saturated carbocycles. The van der Waals surface area contributed by atoms with Gasteiger partial charge >= 0.3 is 6.18 Å². The van der Waals surface area contributed by atoms with Crippen LogP contribution in [0.25, 0.3) is 0 Å². The van der Waals surface area contributed by atoms with Crippen LogP contribution in [0.4, 0.5) is 13.2 Å². The van der Waals surface area contributed by atoms with Gasteiger partial charge in [-0.3, -0.25) is 4.79 Å². The molecule has 1 aromatic carbocycles. The Morgan fingerprint density at radius 1 is 1.38 bits per heavy atom. The Labute approximate surface area is 124 Å². The number of carbonyl (C=O) groups is 1. The van der Waals surface area contributed by atoms with E-state index in [-0.39, 0.29) is 5.75 Å². The molecule has 0 aromatic heterocycles. The van der Waals surface area contributed by atoms with Gasteiger partial charge in [-0.1, -0.05) is 0 Å². The van der Waals surface area contributed by atoms with Gasteiger partial charge in [0.15, 0.2) is 6.10 Å². The van der Waals surface area contributed by atoms with Gasteiger partial charge in [-0.15, -0.1) is 11.8 Å². The Morgan fingerprint density at radius 2 is 2.00 bits per heavy atom. The summed E-state index contributed by atoms with van der Waals surface area (Å²) in [5, 5.41) is 10.8. The van der Waals surface area contributed by atoms with E-state index in [2.05, 4.69) is 0 Å². The molecular weight excluding hydrogens is 307 g/mol. The number of alkyl halides is 3. The van der Waals surface area contributed by atoms with Crippen molar-refractivity contribution >= 4 is 17.7 Å². The van der Waals surface area contributed by atoms with Gasteiger partial charge in [0.05, 0.1) is 18.9 Å². The van der Waals surface area contributed by atoms with Crippen molar-refractivity contribution in [3.8, 4) is 5.75 Å². The molecule has 0 aliphatic heterocycles. The number of hydrogen-bond donors (Lipinski definition) is 2. The Bertz CT molecular complexity index is 451. The molecule has 1 aromatic rings. The number of carbonyl (C=O) groups excluding carboxylic acids is 1. The average molecular weight is 323 g/mol. The molecule has 0 aliphatic carbocycles. The zero-order chi connectivity index (χ0) is 15.9. The summed E-state index contributed by atoms with van der Waals surface area (Å²) in [6.45, 7) is 1.57. The average Bonchev–Trinajstić information content (AvgIpc) is 2.43. The normalized spacial score (nSPS) is 12.8. The van der Waals surface area contributed by atoms with Crippen LogP contribution in [0.3, 0.4) is 0 Å². The fraction of sp³-hybridized carbons (Fsp3) is 0.462. The van der Waals surface area contributed by atoms with Gasteiger partial charge in [-0.2, -0.15) is 13.2 Å². The lowest BCUT2D eigenvalue weighted by molar-refractivity contribution is -0.201. The summed E-state index contributed by atoms with van der Waals surface area (Å²) in [5.74, 6) is 0.107. The van der Waals surface area contributed by atoms with E-state index >= 15 is 0 Å². The molecule has 0 bridgehead atoms. The van der Waals surface area contributed by atoms with Crippen LogP contribution in [-0.4, -0.2) is 42.2 Å². The molecular formula is C13H16F3NO3S. The highest BCUT2D eigenvalue weighted by molar-refractivity contribution is 8.00. The molecule has 1 atom stereocenters. The van der Waals surface area contributed by atoms with Crippen LogP contribution >= 0.6 is 11.8 Å². The van der Waals surface area contributed by atoms with Crippen LogP contribution in [0.1, 0.15) is 6.92 Å². The van der Waals surface area contributed by atoms with Crippen molar-refractivity contribution in [1.29, 1.82) is 0 Å². The Hall–Kier alpha value is -1.41. The minimum absolute atomic E-state index is 0.0292. The van der Waals surface area contributed by atoms with Gasteiger partial charge in [0, 0.05) is 4.90 Å². The van der Waals surface area contributed by atoms with Crippen molar-refractivity contribution in [2.75, 3.05) is 18.9 Å². The van der Waals surface area contributed by atoms with Crippen LogP contribution in [-0.2, 0) is 4.79 Å². The topological polar surface area (TPSA) is 58.6 Å². The first-order chi connectivity index (χ1) is 9.82. The van der Waals surface area contributed by atoms with Gasteiger partial charge in [-0.25, -0.2) is 0 Å². The van der Waals surface area contributed by atoms with E-state index in [1.54, 1.807) is 24.3 Å². The molecule has 0 aliphatic rings. The highest BCUT2D eigenvalue weighted by Gasteiger charge is 2.38. The van der Waals surface area contributed by atoms with Crippen molar-refractivity contribution in [1.82, 2.24) is 5.32 Å². The Morgan fingerprint density at radius 3 is 2.52 bits per heavy atom. The molecule has 2 N–H and O–H groups in total. The predicted molar refractivity (Wildman–Crippen MR) is 73.4 cm³/mol. The highest BCUT2D eigenvalue weighted by atomic mass is 32.2. The molecule has 0 fully saturated rings. The number of thioether (sulfide) groups is 1. The smallest absolute Gasteiger partial charge is 0.416 e. The summed E-state index contributed by atoms with van der Waals surface area (Å²) in [4.78, 5) is 12.2. The summed E-state index contributed by atoms with van der Waals surface area (Å²) >= 11 is 1.18. The van der Waals surface area contributed by atoms with Crippen LogP contribution in [0, 0.1) is 0 Å². The molecule has 0 heterocycles. The molecule has 1 unspecified atom stereocenters. The van der Waals surface area contributed by atoms with E-state index in [4.69, 9.17) is 9.84 Å². The van der Waals surface area contributed by atoms with E-state index in [0.29, 0.717) is 12.4 Å². The maximum Gasteiger partial charge on any atom is 0.416 e. The standard InChI is InChI=1S/C13H16F3NO3S/c1-2-20-9-3-5-10(6-4-9)21-8-12(19)17-7-11(18)13(14,15)16/h3-6,11,18H,2,7-8H2,1H3,(H,17,19). The number of aliphatic hydroxyl groups is 1. The molecule has 1 amide bonds. The van der Waals surface area contributed by atoms with Crippen molar-refractivity contribution in [2.45, 2.75) is 24.1 Å². The van der Waals surface area contributed by atoms with E-state index in [1.165, 1.54) is 11.8 Å². The Kier molecular flexibility index (Phi) is 6.83. The monoisotopic (exact) mass is 323 g/mol. The van der Waals surface area contributed by atoms with Gasteiger partial charge in [0.1, 0.15) is 5.75 Å². The quantitative estimate of drug-likeness (QED) is 0.756. The predicted octanol–water partition coefficient (Wildman–Crippen LogP) is 2.22. The van der Waals surface area contributed by atoms with E-state index < -0.39 is 24.7 Å². The maximum absolute atomic E-state index is 12.0. The first-order valence-electron chi connectivity index (χ1n) is 6.20. The largest absolute Gasteiger partial charge is 0.494 e. The number of nitrogens with one attached hydrogen (secondary N) is 1. The van der Waals surface area contributed by atoms with Crippen LogP contribution in [0.5, 0.6) is 5.75 Å². The molecule has 118 valence electrons. The molecule has 8 heteroatoms. The Balaban J connectivity index is 2.32. The van der Waals surface area contributed by atoms with Gasteiger partial charge in [0.25, 0.3) is 0 Å². The molecule has 0 radical (unpaired) electrons. The summed E-state index contributed by atoms with van der Waals surface area (Å²) in [6.07, 6.45) is -7.27. The third-order valence-electron chi connectivity index (χ3n) is 2.38. The van der Waals surface area contributed by atoms with Crippen molar-refractivity contribution < 1.29 is 27.8 Å². The summed E-state index contributed by atoms with van der Waals surface area (Å²) in [6, 6.07) is 7.01. The van der Waals surface area contributed by atoms with Crippen molar-refractivity contribution in [3.05, 3.63) is 24.3 Å². The zero-order valence-electron chi connectivity index (χ0n) is 11.3. The number of hydrogen-bond acceptors (Lipinski definition) is 4. The fourth-order valence-electron chi connectivity index (χ4n) is 1.32. The van der Waals surface area contributed by atoms with E-state index in [9.17, 15) is 18.0 Å². The summed E-state index contributed by atoms with van der Waals surface area (Å²) in [5.41, 5.74) is 0. The van der Waals surface area contributed by atoms with Crippen molar-refractivity contribution in [2.24, 2.45) is 0 Å². The highest BCUT2D eigenvalue weighted by Crippen LogP contribution is 2.22. The number of halogens is 3. The van der Waals surface area contributed by atoms with Gasteiger partial charge < -0.3 is 15.2 Å². The van der Waals surface area contributed by atoms with Gasteiger partial charge in [0.2, 0.25) is 5.91 Å². The lowest BCUT2D eigenvalue weighted by Crippen LogP contribution is -2.41. The van der Waals surface area contributed by atoms with Crippen LogP contribution in [0.15, 0.2) is 29.2 Å². The third-order valence-corrected chi connectivity index (χ3v) is 3.39. The fourth-order valence-corrected chi connectivity index (χ4v) is 2.05. The zero-order valence-corrected chi connectivity index (χ0v) is 12.1. The molecule has 0 saturated heterocycles. The first-order valence-corrected chi connectivity index (χ1v) is 7.18. The summed E-state index contributed by atoms with van der Waals surface area (Å²) < 4.78 is 41.4. The number of ether oxygens (including phenoxy) is 1. The third kappa shape index (κ3) is 6.72. The second kappa shape index (κ2) is 8.14. The number of aliphatic hydroxyl groups excluding tert-OH is 1. The number of amides is 1. The summed E-state index contributed by atoms with van der Waals surface area (Å²) in [7, 11) is 0. The minimum atomic E-state index is -4.73. The SMILES string of the molecule is CCOc1ccc(SCC(=O)NCC(O)C(F)(F)F)cc1. The lowest BCUT2D eigenvalue weighted by atomic mass is 10.3. The number of benzene rings is 1. The van der Waals surface area contributed by atoms with Crippen molar-refractivity contribution in [3.63, 3.8) is 0 Å². The molecule has 1 rings (SSSR count). The van der Waals surface area contributed by atoms with E-state index in [0.717, 1.165) is 4.90 Å². The van der Waals surface area contributed by atoms with Crippen LogP contribution in [0.2, 0.25) is 0 Å². The molecule has 21 heavy (non-hydrogen) atoms. The number of rotatable bonds is 7. The molecule has 0 spiro atoms. The lowest BCUT2D eigenvalue weighted by Gasteiger charge is -2.14. The second-order valence-corrected chi connectivity index (χ2v) is 5.10. The first kappa shape index (κ1) is 17.6. The molecule has 4 nitrogen and oxygen atoms in total. The van der Waals surface area contributed by atoms with Crippen LogP contribution < -0.4 is 10.1 Å². The second-order valence-electron chi connectivity index (χ2n) is 4.05. The maximum atomic E-state index is 12.0. The van der Waals surface area contributed by atoms with Gasteiger partial charge in [-0.05, 0) is 31.2 Å². The minimum Gasteiger partial charge on any atom is -0.494 e.